The van der Waals surface area contributed by atoms with Crippen LogP contribution in [-0.2, 0) is 24.4 Å². The minimum absolute atomic E-state index is 0. The van der Waals surface area contributed by atoms with Crippen molar-refractivity contribution >= 4 is 35.8 Å². The van der Waals surface area contributed by atoms with Crippen molar-refractivity contribution in [3.63, 3.8) is 0 Å². The molecular weight excluding hydrogens is 515 g/mol. The van der Waals surface area contributed by atoms with E-state index in [1.165, 1.54) is 16.7 Å². The fourth-order valence-corrected chi connectivity index (χ4v) is 3.73. The Bertz CT molecular complexity index is 917. The predicted octanol–water partition coefficient (Wildman–Crippen LogP) is 4.39. The molecule has 0 aromatic heterocycles. The Hall–Kier alpha value is -2.29. The lowest BCUT2D eigenvalue weighted by Gasteiger charge is -2.19. The van der Waals surface area contributed by atoms with E-state index >= 15 is 0 Å². The van der Waals surface area contributed by atoms with Gasteiger partial charge in [0.1, 0.15) is 5.75 Å². The van der Waals surface area contributed by atoms with Gasteiger partial charge in [-0.05, 0) is 49.9 Å². The molecule has 1 saturated heterocycles. The molecule has 0 bridgehead atoms. The molecule has 32 heavy (non-hydrogen) atoms. The molecule has 0 aliphatic carbocycles. The summed E-state index contributed by atoms with van der Waals surface area (Å²) in [7, 11) is 0. The van der Waals surface area contributed by atoms with Gasteiger partial charge in [0.15, 0.2) is 5.96 Å². The van der Waals surface area contributed by atoms with Crippen LogP contribution in [0.1, 0.15) is 48.9 Å². The highest BCUT2D eigenvalue weighted by atomic mass is 127. The van der Waals surface area contributed by atoms with Crippen molar-refractivity contribution in [3.8, 4) is 5.75 Å². The van der Waals surface area contributed by atoms with Gasteiger partial charge in [-0.2, -0.15) is 0 Å². The molecule has 1 aliphatic heterocycles. The van der Waals surface area contributed by atoms with Crippen molar-refractivity contribution < 1.29 is 9.53 Å². The second kappa shape index (κ2) is 13.3. The molecule has 174 valence electrons. The summed E-state index contributed by atoms with van der Waals surface area (Å²) in [6.45, 7) is 10.2. The van der Waals surface area contributed by atoms with Gasteiger partial charge < -0.3 is 20.3 Å². The predicted molar refractivity (Wildman–Crippen MR) is 141 cm³/mol. The number of carbonyl (C=O) groups is 1. The number of likely N-dealkylation sites (tertiary alicyclic amines) is 1. The third-order valence-electron chi connectivity index (χ3n) is 5.37. The summed E-state index contributed by atoms with van der Waals surface area (Å²) < 4.78 is 5.78. The van der Waals surface area contributed by atoms with E-state index in [1.807, 2.05) is 24.0 Å². The normalized spacial score (nSPS) is 13.7. The van der Waals surface area contributed by atoms with E-state index in [0.717, 1.165) is 36.8 Å². The quantitative estimate of drug-likeness (QED) is 0.276. The van der Waals surface area contributed by atoms with Crippen LogP contribution in [0, 0.1) is 6.92 Å². The highest BCUT2D eigenvalue weighted by Gasteiger charge is 2.20. The molecule has 6 nitrogen and oxygen atoms in total. The van der Waals surface area contributed by atoms with Crippen LogP contribution in [0.25, 0.3) is 0 Å². The minimum atomic E-state index is 0. The van der Waals surface area contributed by atoms with Crippen molar-refractivity contribution in [2.45, 2.75) is 53.2 Å². The SMILES string of the molecule is CCNC(=NCc1ccc(C)cc1OCC)NCc1ccccc1CN1CCCC1=O.I. The number of rotatable bonds is 9. The summed E-state index contributed by atoms with van der Waals surface area (Å²) >= 11 is 0. The Balaban J connectivity index is 0.00000363. The van der Waals surface area contributed by atoms with E-state index in [2.05, 4.69) is 54.8 Å². The number of nitrogens with one attached hydrogen (secondary N) is 2. The topological polar surface area (TPSA) is 66.0 Å². The highest BCUT2D eigenvalue weighted by molar-refractivity contribution is 14.0. The first-order valence-electron chi connectivity index (χ1n) is 11.2. The van der Waals surface area contributed by atoms with Gasteiger partial charge in [-0.3, -0.25) is 4.79 Å². The fraction of sp³-hybridized carbons (Fsp3) is 0.440. The molecule has 1 heterocycles. The maximum absolute atomic E-state index is 12.0. The second-order valence-corrected chi connectivity index (χ2v) is 7.78. The van der Waals surface area contributed by atoms with Gasteiger partial charge in [-0.25, -0.2) is 4.99 Å². The van der Waals surface area contributed by atoms with Crippen molar-refractivity contribution in [1.29, 1.82) is 0 Å². The van der Waals surface area contributed by atoms with Crippen LogP contribution in [0.5, 0.6) is 5.75 Å². The standard InChI is InChI=1S/C25H34N4O2.HI/c1-4-26-25(28-17-21-13-12-19(3)15-23(21)31-5-2)27-16-20-9-6-7-10-22(20)18-29-14-8-11-24(29)30;/h6-7,9-10,12-13,15H,4-5,8,11,14,16-18H2,1-3H3,(H2,26,27,28);1H. The van der Waals surface area contributed by atoms with Crippen molar-refractivity contribution in [2.24, 2.45) is 4.99 Å². The molecule has 0 spiro atoms. The number of benzene rings is 2. The minimum Gasteiger partial charge on any atom is -0.494 e. The zero-order chi connectivity index (χ0) is 22.1. The van der Waals surface area contributed by atoms with Gasteiger partial charge in [0.2, 0.25) is 5.91 Å². The molecular formula is C25H35IN4O2. The number of amides is 1. The van der Waals surface area contributed by atoms with Crippen LogP contribution >= 0.6 is 24.0 Å². The van der Waals surface area contributed by atoms with Gasteiger partial charge in [0.05, 0.1) is 13.2 Å². The average Bonchev–Trinajstić information content (AvgIpc) is 3.17. The molecule has 2 aromatic rings. The summed E-state index contributed by atoms with van der Waals surface area (Å²) in [6.07, 6.45) is 1.62. The number of hydrogen-bond donors (Lipinski definition) is 2. The molecule has 0 unspecified atom stereocenters. The van der Waals surface area contributed by atoms with Gasteiger partial charge >= 0.3 is 0 Å². The van der Waals surface area contributed by atoms with E-state index in [9.17, 15) is 4.79 Å². The number of ether oxygens (including phenoxy) is 1. The Labute approximate surface area is 208 Å². The molecule has 3 rings (SSSR count). The first kappa shape index (κ1) is 26.0. The summed E-state index contributed by atoms with van der Waals surface area (Å²) in [4.78, 5) is 18.7. The molecule has 7 heteroatoms. The monoisotopic (exact) mass is 550 g/mol. The number of aliphatic imine (C=N–C) groups is 1. The lowest BCUT2D eigenvalue weighted by molar-refractivity contribution is -0.128. The first-order valence-corrected chi connectivity index (χ1v) is 11.2. The Morgan fingerprint density at radius 1 is 1.09 bits per heavy atom. The maximum Gasteiger partial charge on any atom is 0.222 e. The summed E-state index contributed by atoms with van der Waals surface area (Å²) in [5.74, 6) is 1.90. The van der Waals surface area contributed by atoms with Gasteiger partial charge in [0.25, 0.3) is 0 Å². The smallest absolute Gasteiger partial charge is 0.222 e. The number of guanidine groups is 1. The zero-order valence-electron chi connectivity index (χ0n) is 19.3. The molecule has 0 atom stereocenters. The summed E-state index contributed by atoms with van der Waals surface area (Å²) in [6, 6.07) is 14.5. The van der Waals surface area contributed by atoms with Crippen LogP contribution < -0.4 is 15.4 Å². The number of hydrogen-bond acceptors (Lipinski definition) is 3. The largest absolute Gasteiger partial charge is 0.494 e. The Morgan fingerprint density at radius 2 is 1.88 bits per heavy atom. The van der Waals surface area contributed by atoms with Gasteiger partial charge in [-0.1, -0.05) is 36.4 Å². The third kappa shape index (κ3) is 7.39. The fourth-order valence-electron chi connectivity index (χ4n) is 3.73. The lowest BCUT2D eigenvalue weighted by atomic mass is 10.1. The van der Waals surface area contributed by atoms with E-state index in [4.69, 9.17) is 9.73 Å². The van der Waals surface area contributed by atoms with Crippen molar-refractivity contribution in [2.75, 3.05) is 19.7 Å². The molecule has 1 amide bonds. The van der Waals surface area contributed by atoms with Crippen LogP contribution in [0.4, 0.5) is 0 Å². The zero-order valence-corrected chi connectivity index (χ0v) is 21.6. The third-order valence-corrected chi connectivity index (χ3v) is 5.37. The molecule has 2 N–H and O–H groups in total. The molecule has 2 aromatic carbocycles. The van der Waals surface area contributed by atoms with E-state index in [-0.39, 0.29) is 29.9 Å². The number of nitrogens with zero attached hydrogens (tertiary/aromatic N) is 2. The van der Waals surface area contributed by atoms with Crippen LogP contribution in [0.2, 0.25) is 0 Å². The number of halogens is 1. The second-order valence-electron chi connectivity index (χ2n) is 7.78. The van der Waals surface area contributed by atoms with Crippen LogP contribution in [0.3, 0.4) is 0 Å². The summed E-state index contributed by atoms with van der Waals surface area (Å²) in [5.41, 5.74) is 4.60. The molecule has 1 aliphatic rings. The lowest BCUT2D eigenvalue weighted by Crippen LogP contribution is -2.37. The number of carbonyl (C=O) groups excluding carboxylic acids is 1. The van der Waals surface area contributed by atoms with Crippen molar-refractivity contribution in [1.82, 2.24) is 15.5 Å². The summed E-state index contributed by atoms with van der Waals surface area (Å²) in [5, 5.41) is 6.76. The van der Waals surface area contributed by atoms with E-state index in [1.54, 1.807) is 0 Å². The molecule has 0 radical (unpaired) electrons. The van der Waals surface area contributed by atoms with Crippen LogP contribution in [-0.4, -0.2) is 36.5 Å². The molecule has 1 fully saturated rings. The van der Waals surface area contributed by atoms with E-state index in [0.29, 0.717) is 32.7 Å². The number of aryl methyl sites for hydroxylation is 1. The average molecular weight is 550 g/mol. The van der Waals surface area contributed by atoms with Gasteiger partial charge in [-0.15, -0.1) is 24.0 Å². The van der Waals surface area contributed by atoms with E-state index < -0.39 is 0 Å². The van der Waals surface area contributed by atoms with Crippen molar-refractivity contribution in [3.05, 3.63) is 64.7 Å². The Kier molecular flexibility index (Phi) is 10.8. The Morgan fingerprint density at radius 3 is 2.56 bits per heavy atom. The highest BCUT2D eigenvalue weighted by Crippen LogP contribution is 2.21. The van der Waals surface area contributed by atoms with Gasteiger partial charge in [0, 0.05) is 38.2 Å². The maximum atomic E-state index is 12.0. The molecule has 0 saturated carbocycles. The first-order chi connectivity index (χ1) is 15.1. The van der Waals surface area contributed by atoms with Crippen LogP contribution in [0.15, 0.2) is 47.5 Å².